The molecule has 0 saturated heterocycles. The van der Waals surface area contributed by atoms with Gasteiger partial charge in [-0.3, -0.25) is 5.32 Å². The Hall–Kier alpha value is -4.30. The molecule has 1 aromatic carbocycles. The first kappa shape index (κ1) is 23.8. The van der Waals surface area contributed by atoms with Gasteiger partial charge in [0.15, 0.2) is 0 Å². The van der Waals surface area contributed by atoms with Crippen LogP contribution >= 0.6 is 0 Å². The van der Waals surface area contributed by atoms with Gasteiger partial charge in [-0.2, -0.15) is 26.3 Å². The Kier molecular flexibility index (Phi) is 6.00. The second-order valence-corrected chi connectivity index (χ2v) is 7.07. The number of nitrogens with zero attached hydrogens (tertiary/aromatic N) is 3. The van der Waals surface area contributed by atoms with Crippen LogP contribution in [0.5, 0.6) is 0 Å². The minimum Gasteiger partial charge on any atom is -0.453 e. The van der Waals surface area contributed by atoms with E-state index in [1.54, 1.807) is 6.20 Å². The minimum absolute atomic E-state index is 0.0620. The number of imidazole rings is 1. The second kappa shape index (κ2) is 8.81. The fourth-order valence-electron chi connectivity index (χ4n) is 3.39. The molecular formula is C20H15F6N7O2. The predicted molar refractivity (Wildman–Crippen MR) is 111 cm³/mol. The number of H-pyrrole nitrogens is 2. The van der Waals surface area contributed by atoms with E-state index in [1.807, 2.05) is 5.32 Å². The van der Waals surface area contributed by atoms with Gasteiger partial charge >= 0.3 is 18.4 Å². The molecule has 9 nitrogen and oxygen atoms in total. The molecule has 35 heavy (non-hydrogen) atoms. The summed E-state index contributed by atoms with van der Waals surface area (Å²) in [4.78, 5) is 28.2. The van der Waals surface area contributed by atoms with E-state index in [2.05, 4.69) is 35.0 Å². The van der Waals surface area contributed by atoms with E-state index in [1.165, 1.54) is 6.20 Å². The van der Waals surface area contributed by atoms with Crippen LogP contribution in [0.3, 0.4) is 0 Å². The van der Waals surface area contributed by atoms with Crippen molar-refractivity contribution in [3.8, 4) is 11.3 Å². The maximum absolute atomic E-state index is 13.9. The molecule has 4 aromatic rings. The van der Waals surface area contributed by atoms with Crippen molar-refractivity contribution in [1.82, 2.24) is 24.9 Å². The second-order valence-electron chi connectivity index (χ2n) is 7.07. The number of nitrogens with one attached hydrogen (secondary N) is 4. The molecule has 15 heteroatoms. The number of ether oxygens (including phenoxy) is 1. The van der Waals surface area contributed by atoms with Gasteiger partial charge in [-0.1, -0.05) is 6.07 Å². The molecule has 0 bridgehead atoms. The first-order valence-electron chi connectivity index (χ1n) is 9.72. The number of fused-ring (bicyclic) bond motifs is 1. The standard InChI is InChI=1S/C20H15F6N7O2/c1-35-18(34)32-12-3-2-9-10(6-29-16(9)14(12)20(24,25)26)15-11(19(21,22)23)7-30-17(33-15)31-8-13-27-4-5-28-13/h2-7,29H,8H2,1H3,(H,27,28)(H,32,34)(H,30,31,33). The van der Waals surface area contributed by atoms with Crippen molar-refractivity contribution >= 4 is 28.6 Å². The van der Waals surface area contributed by atoms with Crippen LogP contribution in [0.2, 0.25) is 0 Å². The molecule has 0 aliphatic carbocycles. The summed E-state index contributed by atoms with van der Waals surface area (Å²) in [5.41, 5.74) is -4.59. The number of alkyl halides is 6. The van der Waals surface area contributed by atoms with Gasteiger partial charge in [0.1, 0.15) is 17.0 Å². The summed E-state index contributed by atoms with van der Waals surface area (Å²) in [7, 11) is 0.971. The van der Waals surface area contributed by atoms with E-state index < -0.39 is 46.5 Å². The Morgan fingerprint density at radius 3 is 2.49 bits per heavy atom. The molecule has 0 radical (unpaired) electrons. The number of rotatable bonds is 5. The summed E-state index contributed by atoms with van der Waals surface area (Å²) >= 11 is 0. The van der Waals surface area contributed by atoms with Gasteiger partial charge in [0.2, 0.25) is 5.95 Å². The van der Waals surface area contributed by atoms with Gasteiger partial charge < -0.3 is 20.0 Å². The highest BCUT2D eigenvalue weighted by molar-refractivity contribution is 6.01. The molecule has 0 atom stereocenters. The Morgan fingerprint density at radius 2 is 1.86 bits per heavy atom. The monoisotopic (exact) mass is 499 g/mol. The topological polar surface area (TPSA) is 121 Å². The molecule has 3 aromatic heterocycles. The molecular weight excluding hydrogens is 484 g/mol. The number of hydrogen-bond donors (Lipinski definition) is 4. The number of amides is 1. The molecule has 184 valence electrons. The Labute approximate surface area is 191 Å². The number of benzene rings is 1. The van der Waals surface area contributed by atoms with Gasteiger partial charge in [0.05, 0.1) is 30.6 Å². The molecule has 3 heterocycles. The lowest BCUT2D eigenvalue weighted by Crippen LogP contribution is -2.16. The predicted octanol–water partition coefficient (Wildman–Crippen LogP) is 5.18. The molecule has 0 aliphatic heterocycles. The molecule has 1 amide bonds. The number of methoxy groups -OCH3 is 1. The van der Waals surface area contributed by atoms with E-state index >= 15 is 0 Å². The van der Waals surface area contributed by atoms with Crippen LogP contribution in [0.15, 0.2) is 36.9 Å². The number of carbonyl (C=O) groups is 1. The van der Waals surface area contributed by atoms with E-state index in [0.29, 0.717) is 12.0 Å². The Bertz CT molecular complexity index is 1360. The van der Waals surface area contributed by atoms with Crippen molar-refractivity contribution in [3.63, 3.8) is 0 Å². The average Bonchev–Trinajstić information content (AvgIpc) is 3.45. The maximum Gasteiger partial charge on any atom is 0.420 e. The van der Waals surface area contributed by atoms with Gasteiger partial charge in [-0.05, 0) is 6.07 Å². The first-order valence-corrected chi connectivity index (χ1v) is 9.72. The van der Waals surface area contributed by atoms with E-state index in [9.17, 15) is 31.1 Å². The summed E-state index contributed by atoms with van der Waals surface area (Å²) in [5, 5.41) is 4.47. The Balaban J connectivity index is 1.85. The first-order chi connectivity index (χ1) is 16.5. The lowest BCUT2D eigenvalue weighted by molar-refractivity contribution is -0.137. The lowest BCUT2D eigenvalue weighted by atomic mass is 10.0. The van der Waals surface area contributed by atoms with Crippen molar-refractivity contribution in [2.24, 2.45) is 0 Å². The summed E-state index contributed by atoms with van der Waals surface area (Å²) in [5.74, 6) is 0.265. The number of halogens is 6. The quantitative estimate of drug-likeness (QED) is 0.281. The fourth-order valence-corrected chi connectivity index (χ4v) is 3.39. The third-order valence-electron chi connectivity index (χ3n) is 4.88. The van der Waals surface area contributed by atoms with Gasteiger partial charge in [0.25, 0.3) is 0 Å². The fraction of sp³-hybridized carbons (Fsp3) is 0.200. The van der Waals surface area contributed by atoms with Gasteiger partial charge in [-0.15, -0.1) is 0 Å². The molecule has 0 aliphatic rings. The van der Waals surface area contributed by atoms with Crippen LogP contribution < -0.4 is 10.6 Å². The molecule has 0 unspecified atom stereocenters. The maximum atomic E-state index is 13.9. The summed E-state index contributed by atoms with van der Waals surface area (Å²) in [6.07, 6.45) is -6.46. The number of carbonyl (C=O) groups excluding carboxylic acids is 1. The van der Waals surface area contributed by atoms with Gasteiger partial charge in [-0.25, -0.2) is 19.7 Å². The number of hydrogen-bond acceptors (Lipinski definition) is 6. The molecule has 4 rings (SSSR count). The highest BCUT2D eigenvalue weighted by atomic mass is 19.4. The van der Waals surface area contributed by atoms with Crippen molar-refractivity contribution in [2.75, 3.05) is 17.7 Å². The summed E-state index contributed by atoms with van der Waals surface area (Å²) in [6.45, 7) is 0.0620. The van der Waals surface area contributed by atoms with E-state index in [0.717, 1.165) is 25.4 Å². The van der Waals surface area contributed by atoms with Crippen LogP contribution in [-0.2, 0) is 23.6 Å². The van der Waals surface area contributed by atoms with Crippen LogP contribution in [0, 0.1) is 0 Å². The lowest BCUT2D eigenvalue weighted by Gasteiger charge is -2.15. The third-order valence-corrected chi connectivity index (χ3v) is 4.88. The van der Waals surface area contributed by atoms with Crippen LogP contribution in [-0.4, -0.2) is 38.1 Å². The summed E-state index contributed by atoms with van der Waals surface area (Å²) in [6, 6.07) is 2.06. The summed E-state index contributed by atoms with van der Waals surface area (Å²) < 4.78 is 87.2. The molecule has 0 saturated carbocycles. The molecule has 0 fully saturated rings. The van der Waals surface area contributed by atoms with E-state index in [-0.39, 0.29) is 23.4 Å². The highest BCUT2D eigenvalue weighted by Gasteiger charge is 2.39. The highest BCUT2D eigenvalue weighted by Crippen LogP contribution is 2.44. The number of anilines is 2. The van der Waals surface area contributed by atoms with Crippen LogP contribution in [0.1, 0.15) is 17.0 Å². The smallest absolute Gasteiger partial charge is 0.420 e. The third kappa shape index (κ3) is 4.83. The van der Waals surface area contributed by atoms with Gasteiger partial charge in [0, 0.05) is 35.7 Å². The Morgan fingerprint density at radius 1 is 1.09 bits per heavy atom. The molecule has 4 N–H and O–H groups in total. The zero-order valence-electron chi connectivity index (χ0n) is 17.6. The zero-order chi connectivity index (χ0) is 25.4. The van der Waals surface area contributed by atoms with Crippen molar-refractivity contribution in [1.29, 1.82) is 0 Å². The van der Waals surface area contributed by atoms with Crippen LogP contribution in [0.25, 0.3) is 22.2 Å². The minimum atomic E-state index is -4.97. The van der Waals surface area contributed by atoms with Crippen molar-refractivity contribution < 1.29 is 35.9 Å². The SMILES string of the molecule is COC(=O)Nc1ccc2c(-c3nc(NCc4ncc[nH]4)ncc3C(F)(F)F)c[nH]c2c1C(F)(F)F. The van der Waals surface area contributed by atoms with Crippen LogP contribution in [0.4, 0.5) is 42.8 Å². The normalized spacial score (nSPS) is 12.1. The van der Waals surface area contributed by atoms with Crippen molar-refractivity contribution in [3.05, 3.63) is 53.9 Å². The number of aromatic nitrogens is 5. The largest absolute Gasteiger partial charge is 0.453 e. The van der Waals surface area contributed by atoms with Crippen molar-refractivity contribution in [2.45, 2.75) is 18.9 Å². The van der Waals surface area contributed by atoms with E-state index in [4.69, 9.17) is 0 Å². The number of aromatic amines is 2. The molecule has 0 spiro atoms. The zero-order valence-corrected chi connectivity index (χ0v) is 17.6. The average molecular weight is 499 g/mol.